The van der Waals surface area contributed by atoms with Crippen LogP contribution in [0.15, 0.2) is 18.2 Å². The molecular formula is C12H15Cl3N2O. The molecule has 1 amide bonds. The van der Waals surface area contributed by atoms with Gasteiger partial charge in [0.1, 0.15) is 0 Å². The first-order valence-electron chi connectivity index (χ1n) is 5.56. The number of carbonyl (C=O) groups excluding carboxylic acids is 1. The number of amides is 1. The molecule has 0 aliphatic carbocycles. The molecule has 6 heteroatoms. The summed E-state index contributed by atoms with van der Waals surface area (Å²) < 4.78 is 0. The third-order valence-electron chi connectivity index (χ3n) is 2.92. The summed E-state index contributed by atoms with van der Waals surface area (Å²) in [6, 6.07) is 5.15. The van der Waals surface area contributed by atoms with E-state index in [2.05, 4.69) is 5.32 Å². The Bertz CT molecular complexity index is 439. The maximum atomic E-state index is 12.3. The minimum Gasteiger partial charge on any atom is -0.333 e. The molecule has 0 radical (unpaired) electrons. The average Bonchev–Trinajstić information content (AvgIpc) is 2.29. The van der Waals surface area contributed by atoms with Crippen molar-refractivity contribution in [1.82, 2.24) is 10.2 Å². The maximum absolute atomic E-state index is 12.3. The molecule has 1 N–H and O–H groups in total. The van der Waals surface area contributed by atoms with Crippen molar-refractivity contribution in [3.8, 4) is 0 Å². The molecule has 2 rings (SSSR count). The highest BCUT2D eigenvalue weighted by Crippen LogP contribution is 2.23. The lowest BCUT2D eigenvalue weighted by Gasteiger charge is -2.34. The molecule has 0 aromatic heterocycles. The van der Waals surface area contributed by atoms with E-state index in [1.807, 2.05) is 11.8 Å². The second-order valence-corrected chi connectivity index (χ2v) is 5.02. The van der Waals surface area contributed by atoms with Gasteiger partial charge in [-0.2, -0.15) is 0 Å². The van der Waals surface area contributed by atoms with Crippen LogP contribution in [-0.2, 0) is 0 Å². The molecule has 0 spiro atoms. The van der Waals surface area contributed by atoms with Crippen LogP contribution < -0.4 is 5.32 Å². The van der Waals surface area contributed by atoms with Crippen LogP contribution in [-0.4, -0.2) is 36.5 Å². The van der Waals surface area contributed by atoms with Crippen LogP contribution in [0, 0.1) is 0 Å². The van der Waals surface area contributed by atoms with Gasteiger partial charge in [-0.05, 0) is 25.1 Å². The molecule has 1 atom stereocenters. The number of carbonyl (C=O) groups is 1. The summed E-state index contributed by atoms with van der Waals surface area (Å²) in [4.78, 5) is 14.2. The molecule has 1 heterocycles. The molecule has 0 saturated carbocycles. The summed E-state index contributed by atoms with van der Waals surface area (Å²) in [7, 11) is 0. The van der Waals surface area contributed by atoms with Crippen molar-refractivity contribution in [2.24, 2.45) is 0 Å². The van der Waals surface area contributed by atoms with Crippen LogP contribution in [0.5, 0.6) is 0 Å². The van der Waals surface area contributed by atoms with Crippen LogP contribution in [0.4, 0.5) is 0 Å². The van der Waals surface area contributed by atoms with Gasteiger partial charge in [0.05, 0.1) is 10.6 Å². The first-order chi connectivity index (χ1) is 8.09. The number of benzene rings is 1. The Morgan fingerprint density at radius 3 is 2.78 bits per heavy atom. The quantitative estimate of drug-likeness (QED) is 0.865. The Kier molecular flexibility index (Phi) is 5.73. The van der Waals surface area contributed by atoms with E-state index in [-0.39, 0.29) is 24.4 Å². The summed E-state index contributed by atoms with van der Waals surface area (Å²) >= 11 is 11.9. The fourth-order valence-corrected chi connectivity index (χ4v) is 2.45. The van der Waals surface area contributed by atoms with Crippen LogP contribution in [0.25, 0.3) is 0 Å². The van der Waals surface area contributed by atoms with Crippen LogP contribution in [0.1, 0.15) is 17.3 Å². The Hall–Kier alpha value is -0.480. The third kappa shape index (κ3) is 3.29. The minimum atomic E-state index is -0.0272. The van der Waals surface area contributed by atoms with E-state index in [4.69, 9.17) is 23.2 Å². The highest BCUT2D eigenvalue weighted by molar-refractivity contribution is 6.36. The van der Waals surface area contributed by atoms with Crippen molar-refractivity contribution < 1.29 is 4.79 Å². The lowest BCUT2D eigenvalue weighted by Crippen LogP contribution is -2.52. The first-order valence-corrected chi connectivity index (χ1v) is 6.32. The molecule has 0 unspecified atom stereocenters. The fourth-order valence-electron chi connectivity index (χ4n) is 1.96. The van der Waals surface area contributed by atoms with Gasteiger partial charge in [-0.3, -0.25) is 4.79 Å². The van der Waals surface area contributed by atoms with Gasteiger partial charge in [0, 0.05) is 30.7 Å². The van der Waals surface area contributed by atoms with Gasteiger partial charge >= 0.3 is 0 Å². The van der Waals surface area contributed by atoms with Gasteiger partial charge in [0.2, 0.25) is 0 Å². The van der Waals surface area contributed by atoms with Gasteiger partial charge in [0.25, 0.3) is 5.91 Å². The Labute approximate surface area is 123 Å². The monoisotopic (exact) mass is 308 g/mol. The maximum Gasteiger partial charge on any atom is 0.255 e. The van der Waals surface area contributed by atoms with E-state index < -0.39 is 0 Å². The van der Waals surface area contributed by atoms with Gasteiger partial charge < -0.3 is 10.2 Å². The van der Waals surface area contributed by atoms with Crippen LogP contribution in [0.2, 0.25) is 10.0 Å². The summed E-state index contributed by atoms with van der Waals surface area (Å²) in [6.45, 7) is 4.37. The SMILES string of the molecule is C[C@H]1CNCCN1C(=O)c1ccc(Cl)cc1Cl.Cl. The average molecular weight is 310 g/mol. The van der Waals surface area contributed by atoms with E-state index in [9.17, 15) is 4.79 Å². The van der Waals surface area contributed by atoms with Gasteiger partial charge in [-0.25, -0.2) is 0 Å². The van der Waals surface area contributed by atoms with Crippen molar-refractivity contribution in [2.45, 2.75) is 13.0 Å². The van der Waals surface area contributed by atoms with E-state index in [1.54, 1.807) is 18.2 Å². The van der Waals surface area contributed by atoms with Gasteiger partial charge in [0.15, 0.2) is 0 Å². The lowest BCUT2D eigenvalue weighted by molar-refractivity contribution is 0.0656. The molecule has 100 valence electrons. The smallest absolute Gasteiger partial charge is 0.255 e. The number of piperazine rings is 1. The van der Waals surface area contributed by atoms with Crippen molar-refractivity contribution in [2.75, 3.05) is 19.6 Å². The number of hydrogen-bond donors (Lipinski definition) is 1. The zero-order chi connectivity index (χ0) is 12.4. The predicted octanol–water partition coefficient (Wildman–Crippen LogP) is 2.85. The molecule has 1 aliphatic rings. The highest BCUT2D eigenvalue weighted by Gasteiger charge is 2.25. The Morgan fingerprint density at radius 1 is 1.44 bits per heavy atom. The van der Waals surface area contributed by atoms with E-state index in [0.717, 1.165) is 13.1 Å². The molecule has 1 aromatic rings. The molecule has 3 nitrogen and oxygen atoms in total. The van der Waals surface area contributed by atoms with Gasteiger partial charge in [-0.15, -0.1) is 12.4 Å². The molecule has 18 heavy (non-hydrogen) atoms. The third-order valence-corrected chi connectivity index (χ3v) is 3.47. The van der Waals surface area contributed by atoms with Crippen LogP contribution >= 0.6 is 35.6 Å². The molecule has 1 aromatic carbocycles. The standard InChI is InChI=1S/C12H14Cl2N2O.ClH/c1-8-7-15-4-5-16(8)12(17)10-3-2-9(13)6-11(10)14;/h2-3,6,8,15H,4-5,7H2,1H3;1H/t8-;/m0./s1. The topological polar surface area (TPSA) is 32.3 Å². The number of nitrogens with zero attached hydrogens (tertiary/aromatic N) is 1. The summed E-state index contributed by atoms with van der Waals surface area (Å²) in [6.07, 6.45) is 0. The predicted molar refractivity (Wildman–Crippen MR) is 77.1 cm³/mol. The van der Waals surface area contributed by atoms with Crippen LogP contribution in [0.3, 0.4) is 0 Å². The minimum absolute atomic E-state index is 0. The molecule has 1 saturated heterocycles. The first kappa shape index (κ1) is 15.6. The number of halogens is 3. The summed E-state index contributed by atoms with van der Waals surface area (Å²) in [5.41, 5.74) is 0.518. The summed E-state index contributed by atoms with van der Waals surface area (Å²) in [5, 5.41) is 4.20. The zero-order valence-corrected chi connectivity index (χ0v) is 12.3. The molecule has 1 aliphatic heterocycles. The van der Waals surface area contributed by atoms with E-state index in [0.29, 0.717) is 22.2 Å². The lowest BCUT2D eigenvalue weighted by atomic mass is 10.1. The normalized spacial score (nSPS) is 19.3. The fraction of sp³-hybridized carbons (Fsp3) is 0.417. The molecular weight excluding hydrogens is 295 g/mol. The molecule has 1 fully saturated rings. The second-order valence-electron chi connectivity index (χ2n) is 4.18. The Balaban J connectivity index is 0.00000162. The zero-order valence-electron chi connectivity index (χ0n) is 9.95. The number of nitrogens with one attached hydrogen (secondary N) is 1. The van der Waals surface area contributed by atoms with Crippen molar-refractivity contribution in [1.29, 1.82) is 0 Å². The number of hydrogen-bond acceptors (Lipinski definition) is 2. The summed E-state index contributed by atoms with van der Waals surface area (Å²) in [5.74, 6) is -0.0272. The largest absolute Gasteiger partial charge is 0.333 e. The Morgan fingerprint density at radius 2 is 2.17 bits per heavy atom. The van der Waals surface area contributed by atoms with E-state index >= 15 is 0 Å². The number of rotatable bonds is 1. The molecule has 0 bridgehead atoms. The van der Waals surface area contributed by atoms with Crippen molar-refractivity contribution in [3.05, 3.63) is 33.8 Å². The van der Waals surface area contributed by atoms with Crippen molar-refractivity contribution in [3.63, 3.8) is 0 Å². The van der Waals surface area contributed by atoms with Crippen molar-refractivity contribution >= 4 is 41.5 Å². The highest BCUT2D eigenvalue weighted by atomic mass is 35.5. The van der Waals surface area contributed by atoms with Gasteiger partial charge in [-0.1, -0.05) is 23.2 Å². The van der Waals surface area contributed by atoms with E-state index in [1.165, 1.54) is 0 Å². The second kappa shape index (κ2) is 6.62.